The molecule has 7 heteroatoms. The molecule has 0 radical (unpaired) electrons. The highest BCUT2D eigenvalue weighted by molar-refractivity contribution is 6.20. The number of hydrogen-bond acceptors (Lipinski definition) is 5. The van der Waals surface area contributed by atoms with Gasteiger partial charge >= 0.3 is 11.9 Å². The van der Waals surface area contributed by atoms with Gasteiger partial charge < -0.3 is 25.0 Å². The monoisotopic (exact) mass is 385 g/mol. The summed E-state index contributed by atoms with van der Waals surface area (Å²) in [4.78, 5) is 22.7. The van der Waals surface area contributed by atoms with Crippen LogP contribution in [0.2, 0.25) is 0 Å². The van der Waals surface area contributed by atoms with Crippen molar-refractivity contribution in [2.75, 3.05) is 14.2 Å². The van der Waals surface area contributed by atoms with Crippen molar-refractivity contribution in [1.29, 1.82) is 0 Å². The maximum atomic E-state index is 11.6. The molecule has 2 aromatic carbocycles. The molecule has 0 bridgehead atoms. The van der Waals surface area contributed by atoms with E-state index in [1.54, 1.807) is 49.6 Å². The first kappa shape index (κ1) is 21.0. The number of methoxy groups -OCH3 is 1. The van der Waals surface area contributed by atoms with Gasteiger partial charge in [-0.25, -0.2) is 9.59 Å². The normalized spacial score (nSPS) is 12.3. The molecule has 0 amide bonds. The van der Waals surface area contributed by atoms with E-state index in [0.29, 0.717) is 24.0 Å². The molecule has 1 unspecified atom stereocenters. The Hall–Kier alpha value is -3.32. The number of benzene rings is 2. The third-order valence-corrected chi connectivity index (χ3v) is 4.16. The Kier molecular flexibility index (Phi) is 7.17. The highest BCUT2D eigenvalue weighted by Gasteiger charge is 2.19. The number of carbonyl (C=O) groups is 2. The molecule has 0 aliphatic heterocycles. The summed E-state index contributed by atoms with van der Waals surface area (Å²) >= 11 is 0. The molecule has 0 spiro atoms. The molecule has 0 aromatic heterocycles. The van der Waals surface area contributed by atoms with Crippen molar-refractivity contribution in [3.63, 3.8) is 0 Å². The quantitative estimate of drug-likeness (QED) is 0.569. The van der Waals surface area contributed by atoms with E-state index < -0.39 is 11.9 Å². The lowest BCUT2D eigenvalue weighted by Crippen LogP contribution is -2.23. The molecule has 7 nitrogen and oxygen atoms in total. The standard InChI is InChI=1S/C21H23NO6/c1-13(22-2)10-14-4-9-17(18(21(25)26)12-20(23)24)19(11-14)28-16-7-5-15(27-3)6-8-16/h4-9,11-13,22H,10H2,1-3H3,(H,23,24)(H,25,26)/b18-12+. The van der Waals surface area contributed by atoms with Crippen LogP contribution in [0.4, 0.5) is 0 Å². The minimum atomic E-state index is -1.35. The molecule has 148 valence electrons. The van der Waals surface area contributed by atoms with Crippen LogP contribution in [0.3, 0.4) is 0 Å². The Morgan fingerprint density at radius 2 is 1.75 bits per heavy atom. The zero-order valence-electron chi connectivity index (χ0n) is 15.9. The maximum Gasteiger partial charge on any atom is 0.336 e. The van der Waals surface area contributed by atoms with E-state index in [2.05, 4.69) is 5.32 Å². The number of carboxylic acids is 2. The lowest BCUT2D eigenvalue weighted by Gasteiger charge is -2.16. The number of hydrogen-bond donors (Lipinski definition) is 3. The minimum Gasteiger partial charge on any atom is -0.497 e. The van der Waals surface area contributed by atoms with Crippen LogP contribution in [0.5, 0.6) is 17.2 Å². The van der Waals surface area contributed by atoms with Crippen molar-refractivity contribution in [3.05, 3.63) is 59.7 Å². The number of nitrogens with one attached hydrogen (secondary N) is 1. The average molecular weight is 385 g/mol. The molecule has 0 aliphatic carbocycles. The van der Waals surface area contributed by atoms with Crippen LogP contribution in [0.1, 0.15) is 18.1 Å². The number of aliphatic carboxylic acids is 2. The lowest BCUT2D eigenvalue weighted by molar-refractivity contribution is -0.133. The molecule has 0 aliphatic rings. The van der Waals surface area contributed by atoms with Crippen molar-refractivity contribution in [2.24, 2.45) is 0 Å². The van der Waals surface area contributed by atoms with E-state index in [9.17, 15) is 14.7 Å². The molecule has 28 heavy (non-hydrogen) atoms. The topological polar surface area (TPSA) is 105 Å². The average Bonchev–Trinajstić information content (AvgIpc) is 2.67. The van der Waals surface area contributed by atoms with E-state index in [1.165, 1.54) is 0 Å². The Labute approximate surface area is 163 Å². The van der Waals surface area contributed by atoms with Crippen molar-refractivity contribution < 1.29 is 29.3 Å². The lowest BCUT2D eigenvalue weighted by atomic mass is 9.99. The molecule has 1 atom stereocenters. The van der Waals surface area contributed by atoms with Crippen LogP contribution in [0, 0.1) is 0 Å². The molecule has 0 heterocycles. The second-order valence-corrected chi connectivity index (χ2v) is 6.20. The Morgan fingerprint density at radius 3 is 2.29 bits per heavy atom. The predicted octanol–water partition coefficient (Wildman–Crippen LogP) is 3.19. The molecular weight excluding hydrogens is 362 g/mol. The van der Waals surface area contributed by atoms with Crippen molar-refractivity contribution in [3.8, 4) is 17.2 Å². The SMILES string of the molecule is CNC(C)Cc1ccc(/C(=C\C(=O)O)C(=O)O)c(Oc2ccc(OC)cc2)c1. The zero-order chi connectivity index (χ0) is 20.7. The highest BCUT2D eigenvalue weighted by atomic mass is 16.5. The Bertz CT molecular complexity index is 873. The van der Waals surface area contributed by atoms with Crippen LogP contribution in [-0.4, -0.2) is 42.4 Å². The fourth-order valence-electron chi connectivity index (χ4n) is 2.61. The fraction of sp³-hybridized carbons (Fsp3) is 0.238. The summed E-state index contributed by atoms with van der Waals surface area (Å²) in [6, 6.07) is 12.1. The molecule has 0 saturated carbocycles. The van der Waals surface area contributed by atoms with E-state index in [-0.39, 0.29) is 22.9 Å². The van der Waals surface area contributed by atoms with Gasteiger partial charge in [-0.05, 0) is 56.3 Å². The first-order valence-electron chi connectivity index (χ1n) is 8.64. The van der Waals surface area contributed by atoms with Gasteiger partial charge in [-0.2, -0.15) is 0 Å². The third kappa shape index (κ3) is 5.59. The van der Waals surface area contributed by atoms with Gasteiger partial charge in [0.05, 0.1) is 12.7 Å². The molecule has 0 saturated heterocycles. The van der Waals surface area contributed by atoms with Gasteiger partial charge in [0.25, 0.3) is 0 Å². The summed E-state index contributed by atoms with van der Waals surface area (Å²) in [5.74, 6) is -1.30. The summed E-state index contributed by atoms with van der Waals surface area (Å²) in [5, 5.41) is 21.6. The van der Waals surface area contributed by atoms with Crippen LogP contribution in [0.25, 0.3) is 5.57 Å². The van der Waals surface area contributed by atoms with Gasteiger partial charge in [0.2, 0.25) is 0 Å². The fourth-order valence-corrected chi connectivity index (χ4v) is 2.61. The Balaban J connectivity index is 2.50. The van der Waals surface area contributed by atoms with Gasteiger partial charge in [-0.15, -0.1) is 0 Å². The van der Waals surface area contributed by atoms with E-state index in [4.69, 9.17) is 14.6 Å². The third-order valence-electron chi connectivity index (χ3n) is 4.16. The van der Waals surface area contributed by atoms with Crippen LogP contribution in [0.15, 0.2) is 48.5 Å². The van der Waals surface area contributed by atoms with E-state index in [1.807, 2.05) is 14.0 Å². The van der Waals surface area contributed by atoms with Crippen LogP contribution < -0.4 is 14.8 Å². The molecule has 3 N–H and O–H groups in total. The summed E-state index contributed by atoms with van der Waals surface area (Å²) in [5.41, 5.74) is 0.755. The molecular formula is C21H23NO6. The first-order chi connectivity index (χ1) is 13.3. The van der Waals surface area contributed by atoms with Gasteiger partial charge in [-0.1, -0.05) is 12.1 Å². The summed E-state index contributed by atoms with van der Waals surface area (Å²) in [6.45, 7) is 2.02. The first-order valence-corrected chi connectivity index (χ1v) is 8.64. The number of rotatable bonds is 9. The molecule has 2 rings (SSSR count). The van der Waals surface area contributed by atoms with Gasteiger partial charge in [0.1, 0.15) is 17.2 Å². The summed E-state index contributed by atoms with van der Waals surface area (Å²) < 4.78 is 11.0. The highest BCUT2D eigenvalue weighted by Crippen LogP contribution is 2.33. The smallest absolute Gasteiger partial charge is 0.336 e. The van der Waals surface area contributed by atoms with Crippen LogP contribution in [-0.2, 0) is 16.0 Å². The van der Waals surface area contributed by atoms with Gasteiger partial charge in [0.15, 0.2) is 0 Å². The van der Waals surface area contributed by atoms with E-state index in [0.717, 1.165) is 5.56 Å². The summed E-state index contributed by atoms with van der Waals surface area (Å²) in [7, 11) is 3.40. The van der Waals surface area contributed by atoms with Gasteiger partial charge in [-0.3, -0.25) is 0 Å². The largest absolute Gasteiger partial charge is 0.497 e. The van der Waals surface area contributed by atoms with Gasteiger partial charge in [0, 0.05) is 17.7 Å². The Morgan fingerprint density at radius 1 is 1.11 bits per heavy atom. The van der Waals surface area contributed by atoms with Crippen molar-refractivity contribution in [2.45, 2.75) is 19.4 Å². The minimum absolute atomic E-state index is 0.187. The second kappa shape index (κ2) is 9.57. The maximum absolute atomic E-state index is 11.6. The summed E-state index contributed by atoms with van der Waals surface area (Å²) in [6.07, 6.45) is 1.36. The van der Waals surface area contributed by atoms with Crippen LogP contribution >= 0.6 is 0 Å². The molecule has 2 aromatic rings. The van der Waals surface area contributed by atoms with Crippen molar-refractivity contribution in [1.82, 2.24) is 5.32 Å². The predicted molar refractivity (Wildman–Crippen MR) is 105 cm³/mol. The second-order valence-electron chi connectivity index (χ2n) is 6.20. The molecule has 0 fully saturated rings. The van der Waals surface area contributed by atoms with E-state index >= 15 is 0 Å². The van der Waals surface area contributed by atoms with Crippen molar-refractivity contribution >= 4 is 17.5 Å². The number of likely N-dealkylation sites (N-methyl/N-ethyl adjacent to an activating group) is 1. The number of carboxylic acid groups (broad SMARTS) is 2. The number of ether oxygens (including phenoxy) is 2. The zero-order valence-corrected chi connectivity index (χ0v) is 15.9.